The maximum absolute atomic E-state index is 13.0. The number of oxime groups is 1. The van der Waals surface area contributed by atoms with E-state index in [1.807, 2.05) is 0 Å². The Morgan fingerprint density at radius 3 is 2.85 bits per heavy atom. The number of phenols is 1. The molecule has 4 heterocycles. The lowest BCUT2D eigenvalue weighted by molar-refractivity contribution is -0.156. The first-order valence-corrected chi connectivity index (χ1v) is 13.8. The number of carboxylic acids is 1. The Labute approximate surface area is 235 Å². The van der Waals surface area contributed by atoms with E-state index in [1.165, 1.54) is 35.9 Å². The lowest BCUT2D eigenvalue weighted by Crippen LogP contribution is -2.73. The number of aromatic nitrogens is 2. The van der Waals surface area contributed by atoms with Gasteiger partial charge in [0.25, 0.3) is 5.91 Å². The Morgan fingerprint density at radius 2 is 2.15 bits per heavy atom. The van der Waals surface area contributed by atoms with Crippen LogP contribution in [0.3, 0.4) is 0 Å². The van der Waals surface area contributed by atoms with Crippen LogP contribution in [-0.4, -0.2) is 79.0 Å². The van der Waals surface area contributed by atoms with Crippen LogP contribution < -0.4 is 16.5 Å². The number of carboxylic acid groups (broad SMARTS) is 1. The number of carbonyl (C=O) groups excluding carboxylic acids is 2. The number of fused-ring (bicyclic) bond motifs is 2. The van der Waals surface area contributed by atoms with Gasteiger partial charge in [0.2, 0.25) is 11.3 Å². The van der Waals surface area contributed by atoms with Crippen molar-refractivity contribution < 1.29 is 29.4 Å². The molecule has 208 valence electrons. The average Bonchev–Trinajstić information content (AvgIpc) is 3.36. The fraction of sp³-hybridized carbons (Fsp3) is 0.280. The van der Waals surface area contributed by atoms with E-state index in [4.69, 9.17) is 10.6 Å². The molecule has 2 saturated heterocycles. The molecule has 0 spiro atoms. The number of carbonyl (C=O) groups is 3. The maximum Gasteiger partial charge on any atom is 0.316 e. The second-order valence-corrected chi connectivity index (χ2v) is 11.3. The summed E-state index contributed by atoms with van der Waals surface area (Å²) in [7, 11) is 1.28. The quantitative estimate of drug-likeness (QED) is 0.127. The van der Waals surface area contributed by atoms with E-state index in [9.17, 15) is 29.4 Å². The molecule has 2 unspecified atom stereocenters. The summed E-state index contributed by atoms with van der Waals surface area (Å²) in [5.41, 5.74) is 5.30. The number of nitrogen functional groups attached to an aromatic ring is 1. The number of nitrogens with two attached hydrogens (primary N) is 1. The van der Waals surface area contributed by atoms with Crippen LogP contribution in [0.1, 0.15) is 5.69 Å². The molecule has 4 aliphatic rings. The summed E-state index contributed by atoms with van der Waals surface area (Å²) in [5.74, 6) is -2.29. The van der Waals surface area contributed by atoms with Crippen LogP contribution in [0.4, 0.5) is 5.13 Å². The Hall–Kier alpha value is -4.37. The fourth-order valence-electron chi connectivity index (χ4n) is 4.57. The summed E-state index contributed by atoms with van der Waals surface area (Å²) in [6.45, 7) is 0.278. The van der Waals surface area contributed by atoms with Gasteiger partial charge < -0.3 is 35.6 Å². The fourth-order valence-corrected chi connectivity index (χ4v) is 6.63. The van der Waals surface area contributed by atoms with Gasteiger partial charge in [-0.15, -0.1) is 23.1 Å². The molecule has 0 saturated carbocycles. The predicted molar refractivity (Wildman–Crippen MR) is 148 cm³/mol. The molecule has 13 nitrogen and oxygen atoms in total. The van der Waals surface area contributed by atoms with E-state index < -0.39 is 40.0 Å². The molecule has 5 rings (SSSR count). The number of hydrogen-bond donors (Lipinski definition) is 4. The number of phenolic OH excluding ortho intramolecular Hbond substituents is 1. The van der Waals surface area contributed by atoms with Gasteiger partial charge in [0.15, 0.2) is 16.6 Å². The number of rotatable bonds is 8. The van der Waals surface area contributed by atoms with Crippen LogP contribution in [0.2, 0.25) is 0 Å². The van der Waals surface area contributed by atoms with Crippen LogP contribution >= 0.6 is 23.1 Å². The van der Waals surface area contributed by atoms with Crippen molar-refractivity contribution in [3.63, 3.8) is 0 Å². The molecular weight excluding hydrogens is 560 g/mol. The van der Waals surface area contributed by atoms with Crippen molar-refractivity contribution in [1.82, 2.24) is 19.8 Å². The Kier molecular flexibility index (Phi) is 7.25. The summed E-state index contributed by atoms with van der Waals surface area (Å²) in [6.07, 6.45) is 6.78. The summed E-state index contributed by atoms with van der Waals surface area (Å²) >= 11 is 2.40. The van der Waals surface area contributed by atoms with Crippen molar-refractivity contribution in [2.45, 2.75) is 18.0 Å². The minimum atomic E-state index is -1.32. The lowest BCUT2D eigenvalue weighted by atomic mass is 9.86. The molecule has 0 radical (unpaired) electrons. The van der Waals surface area contributed by atoms with Crippen molar-refractivity contribution in [2.75, 3.05) is 25.1 Å². The lowest BCUT2D eigenvalue weighted by Gasteiger charge is -2.53. The summed E-state index contributed by atoms with van der Waals surface area (Å²) in [4.78, 5) is 60.1. The van der Waals surface area contributed by atoms with Gasteiger partial charge in [0.1, 0.15) is 29.6 Å². The van der Waals surface area contributed by atoms with Gasteiger partial charge in [0.05, 0.1) is 0 Å². The number of nitrogens with zero attached hydrogens (tertiary/aromatic N) is 4. The van der Waals surface area contributed by atoms with Crippen LogP contribution in [0.15, 0.2) is 58.1 Å². The Morgan fingerprint density at radius 1 is 1.35 bits per heavy atom. The Bertz CT molecular complexity index is 1580. The first-order chi connectivity index (χ1) is 19.1. The first kappa shape index (κ1) is 27.2. The number of benzene rings is 1. The average molecular weight is 585 g/mol. The van der Waals surface area contributed by atoms with Gasteiger partial charge in [0, 0.05) is 42.2 Å². The number of thioether (sulfide) groups is 1. The van der Waals surface area contributed by atoms with Crippen molar-refractivity contribution in [1.29, 1.82) is 0 Å². The number of nitrogens with one attached hydrogen (secondary N) is 1. The van der Waals surface area contributed by atoms with Crippen LogP contribution in [0.25, 0.3) is 11.1 Å². The van der Waals surface area contributed by atoms with Gasteiger partial charge in [-0.3, -0.25) is 19.2 Å². The van der Waals surface area contributed by atoms with Crippen molar-refractivity contribution >= 4 is 51.7 Å². The molecule has 3 atom stereocenters. The molecule has 0 bridgehead atoms. The topological polar surface area (TPSA) is 189 Å². The highest BCUT2D eigenvalue weighted by Crippen LogP contribution is 2.43. The number of amides is 2. The number of thiazole rings is 1. The third-order valence-electron chi connectivity index (χ3n) is 6.65. The highest BCUT2D eigenvalue weighted by molar-refractivity contribution is 8.00. The molecular formula is C25H24N6O7S2. The number of allylic oxidation sites excluding steroid dienone is 1. The van der Waals surface area contributed by atoms with E-state index >= 15 is 0 Å². The van der Waals surface area contributed by atoms with Crippen molar-refractivity contribution in [2.24, 2.45) is 10.6 Å². The van der Waals surface area contributed by atoms with Gasteiger partial charge in [-0.25, -0.2) is 4.98 Å². The highest BCUT2D eigenvalue weighted by Gasteiger charge is 2.56. The molecule has 15 heteroatoms. The highest BCUT2D eigenvalue weighted by atomic mass is 32.2. The second-order valence-electron chi connectivity index (χ2n) is 9.27. The smallest absolute Gasteiger partial charge is 0.316 e. The number of aromatic hydroxyl groups is 1. The normalized spacial score (nSPS) is 22.7. The molecule has 1 aliphatic carbocycles. The minimum absolute atomic E-state index is 0.0497. The third-order valence-corrected chi connectivity index (χ3v) is 8.87. The molecule has 0 aromatic carbocycles. The van der Waals surface area contributed by atoms with E-state index in [1.54, 1.807) is 40.6 Å². The first-order valence-electron chi connectivity index (χ1n) is 11.9. The number of β-lactam (4-membered cyclic amide) rings is 1. The summed E-state index contributed by atoms with van der Waals surface area (Å²) in [5, 5.41) is 27.5. The number of anilines is 1. The molecule has 1 aromatic rings. The largest absolute Gasteiger partial charge is 0.504 e. The Balaban J connectivity index is 1.26. The number of aliphatic carboxylic acids is 1. The van der Waals surface area contributed by atoms with E-state index in [2.05, 4.69) is 15.5 Å². The molecule has 2 fully saturated rings. The maximum atomic E-state index is 13.0. The predicted octanol–water partition coefficient (Wildman–Crippen LogP) is 0.775. The zero-order chi connectivity index (χ0) is 28.6. The van der Waals surface area contributed by atoms with Crippen LogP contribution in [0.5, 0.6) is 5.75 Å². The minimum Gasteiger partial charge on any atom is -0.504 e. The summed E-state index contributed by atoms with van der Waals surface area (Å²) in [6, 6.07) is 3.61. The zero-order valence-corrected chi connectivity index (χ0v) is 22.6. The van der Waals surface area contributed by atoms with Gasteiger partial charge in [-0.2, -0.15) is 0 Å². The SMILES string of the molecule is CON=C(C(=O)NC1C(=O)N2CC(C=CCn3ccc4cc(=O)c(O)cc-4c3)(C(=O)O)CS[C@H]12)c1csc(N)n1. The number of pyridine rings is 1. The number of hydrogen-bond acceptors (Lipinski definition) is 11. The van der Waals surface area contributed by atoms with E-state index in [0.29, 0.717) is 17.7 Å². The van der Waals surface area contributed by atoms with Crippen molar-refractivity contribution in [3.8, 4) is 16.9 Å². The summed E-state index contributed by atoms with van der Waals surface area (Å²) < 4.78 is 1.78. The third kappa shape index (κ3) is 5.00. The second kappa shape index (κ2) is 10.7. The van der Waals surface area contributed by atoms with Crippen LogP contribution in [-0.2, 0) is 25.8 Å². The van der Waals surface area contributed by atoms with Gasteiger partial charge in [-0.05, 0) is 23.8 Å². The monoisotopic (exact) mass is 584 g/mol. The molecule has 2 amide bonds. The molecule has 3 aliphatic heterocycles. The van der Waals surface area contributed by atoms with Crippen LogP contribution in [0, 0.1) is 5.41 Å². The molecule has 40 heavy (non-hydrogen) atoms. The van der Waals surface area contributed by atoms with Gasteiger partial charge in [-0.1, -0.05) is 17.3 Å². The van der Waals surface area contributed by atoms with E-state index in [0.717, 1.165) is 11.3 Å². The standard InChI is InChI=1S/C25H24N6O7S2/c1-38-29-18(15-10-39-24(26)27-15)20(34)28-19-21(35)31-11-25(23(36)37,12-40-22(19)31)4-2-5-30-6-3-13-7-16(32)17(33)8-14(13)9-30/h2-4,6-10,19,22,33H,5,11-12H2,1H3,(H2,26,27)(H,28,34)(H,36,37)/t19?,22-,25?/m1/s1. The molecule has 1 aromatic heterocycles. The zero-order valence-electron chi connectivity index (χ0n) is 21.0. The van der Waals surface area contributed by atoms with Crippen molar-refractivity contribution in [3.05, 3.63) is 64.0 Å². The van der Waals surface area contributed by atoms with Gasteiger partial charge >= 0.3 is 5.97 Å². The van der Waals surface area contributed by atoms with E-state index in [-0.39, 0.29) is 34.6 Å². The molecule has 5 N–H and O–H groups in total.